The summed E-state index contributed by atoms with van der Waals surface area (Å²) in [6, 6.07) is 1.32. The first kappa shape index (κ1) is 11.4. The van der Waals surface area contributed by atoms with Gasteiger partial charge >= 0.3 is 0 Å². The lowest BCUT2D eigenvalue weighted by Gasteiger charge is -2.10. The van der Waals surface area contributed by atoms with Crippen molar-refractivity contribution in [2.24, 2.45) is 0 Å². The number of nitrogens with zero attached hydrogens (tertiary/aromatic N) is 1. The molecule has 0 aliphatic heterocycles. The molecule has 0 saturated carbocycles. The van der Waals surface area contributed by atoms with Gasteiger partial charge in [0.2, 0.25) is 0 Å². The van der Waals surface area contributed by atoms with Crippen LogP contribution in [-0.2, 0) is 4.74 Å². The highest BCUT2D eigenvalue weighted by atomic mass is 35.5. The van der Waals surface area contributed by atoms with E-state index in [1.807, 2.05) is 0 Å². The second-order valence-corrected chi connectivity index (χ2v) is 3.21. The largest absolute Gasteiger partial charge is 0.388 e. The van der Waals surface area contributed by atoms with Gasteiger partial charge < -0.3 is 9.84 Å². The molecule has 14 heavy (non-hydrogen) atoms. The second kappa shape index (κ2) is 5.24. The molecule has 0 fully saturated rings. The Labute approximate surface area is 86.5 Å². The average molecular weight is 220 g/mol. The van der Waals surface area contributed by atoms with E-state index in [1.54, 1.807) is 0 Å². The second-order valence-electron chi connectivity index (χ2n) is 2.83. The molecular weight excluding hydrogens is 209 g/mol. The smallest absolute Gasteiger partial charge is 0.147 e. The highest BCUT2D eigenvalue weighted by Gasteiger charge is 2.13. The molecule has 0 spiro atoms. The Morgan fingerprint density at radius 3 is 3.07 bits per heavy atom. The summed E-state index contributed by atoms with van der Waals surface area (Å²) >= 11 is 5.57. The normalized spacial score (nSPS) is 12.9. The number of rotatable bonds is 4. The molecule has 1 rings (SSSR count). The third-order valence-corrected chi connectivity index (χ3v) is 2.01. The molecule has 1 aromatic rings. The number of aliphatic hydroxyl groups is 1. The van der Waals surface area contributed by atoms with Crippen molar-refractivity contribution in [1.82, 2.24) is 4.98 Å². The molecule has 1 atom stereocenters. The molecule has 0 amide bonds. The minimum atomic E-state index is -0.907. The van der Waals surface area contributed by atoms with Crippen molar-refractivity contribution in [3.8, 4) is 0 Å². The number of halogens is 2. The minimum Gasteiger partial charge on any atom is -0.388 e. The summed E-state index contributed by atoms with van der Waals surface area (Å²) in [6.45, 7) is 0.362. The van der Waals surface area contributed by atoms with Gasteiger partial charge in [-0.1, -0.05) is 11.6 Å². The molecule has 5 heteroatoms. The number of methoxy groups -OCH3 is 1. The number of ether oxygens (including phenoxy) is 1. The highest BCUT2D eigenvalue weighted by Crippen LogP contribution is 2.21. The molecule has 78 valence electrons. The summed E-state index contributed by atoms with van der Waals surface area (Å²) < 4.78 is 17.9. The van der Waals surface area contributed by atoms with Crippen LogP contribution in [0.4, 0.5) is 4.39 Å². The monoisotopic (exact) mass is 219 g/mol. The zero-order valence-electron chi connectivity index (χ0n) is 7.70. The van der Waals surface area contributed by atoms with E-state index in [4.69, 9.17) is 16.3 Å². The van der Waals surface area contributed by atoms with Crippen LogP contribution in [0.15, 0.2) is 12.3 Å². The predicted octanol–water partition coefficient (Wildman–Crippen LogP) is 1.94. The van der Waals surface area contributed by atoms with Gasteiger partial charge in [0.05, 0.1) is 12.3 Å². The third-order valence-electron chi connectivity index (χ3n) is 1.81. The third kappa shape index (κ3) is 2.90. The van der Waals surface area contributed by atoms with E-state index < -0.39 is 11.9 Å². The summed E-state index contributed by atoms with van der Waals surface area (Å²) in [4.78, 5) is 3.55. The lowest BCUT2D eigenvalue weighted by molar-refractivity contribution is 0.108. The Morgan fingerprint density at radius 2 is 2.43 bits per heavy atom. The predicted molar refractivity (Wildman–Crippen MR) is 50.7 cm³/mol. The lowest BCUT2D eigenvalue weighted by Crippen LogP contribution is -2.04. The first-order chi connectivity index (χ1) is 6.65. The minimum absolute atomic E-state index is 0.155. The van der Waals surface area contributed by atoms with Crippen LogP contribution >= 0.6 is 11.6 Å². The molecule has 1 N–H and O–H groups in total. The van der Waals surface area contributed by atoms with Gasteiger partial charge in [-0.05, 0) is 6.07 Å². The van der Waals surface area contributed by atoms with E-state index in [0.29, 0.717) is 13.0 Å². The molecule has 0 saturated heterocycles. The topological polar surface area (TPSA) is 42.4 Å². The standard InChI is InChI=1S/C9H11ClFNO2/c1-14-3-2-8(13)6-4-9(10)12-5-7(6)11/h4-5,8,13H,2-3H2,1H3. The summed E-state index contributed by atoms with van der Waals surface area (Å²) in [5.74, 6) is -0.557. The fourth-order valence-electron chi connectivity index (χ4n) is 1.07. The van der Waals surface area contributed by atoms with Crippen molar-refractivity contribution in [3.63, 3.8) is 0 Å². The van der Waals surface area contributed by atoms with Gasteiger partial charge in [-0.2, -0.15) is 0 Å². The van der Waals surface area contributed by atoms with Gasteiger partial charge in [0.15, 0.2) is 0 Å². The van der Waals surface area contributed by atoms with Gasteiger partial charge in [0, 0.05) is 25.7 Å². The van der Waals surface area contributed by atoms with Crippen LogP contribution in [0.2, 0.25) is 5.15 Å². The maximum Gasteiger partial charge on any atom is 0.147 e. The Morgan fingerprint density at radius 1 is 1.71 bits per heavy atom. The number of hydrogen-bond donors (Lipinski definition) is 1. The van der Waals surface area contributed by atoms with E-state index in [-0.39, 0.29) is 10.7 Å². The van der Waals surface area contributed by atoms with Crippen LogP contribution in [0.5, 0.6) is 0 Å². The van der Waals surface area contributed by atoms with Crippen LogP contribution in [-0.4, -0.2) is 23.8 Å². The molecule has 1 heterocycles. The average Bonchev–Trinajstić information content (AvgIpc) is 2.18. The van der Waals surface area contributed by atoms with Crippen LogP contribution < -0.4 is 0 Å². The fourth-order valence-corrected chi connectivity index (χ4v) is 1.23. The quantitative estimate of drug-likeness (QED) is 0.787. The number of aromatic nitrogens is 1. The van der Waals surface area contributed by atoms with Crippen molar-refractivity contribution >= 4 is 11.6 Å². The molecule has 1 unspecified atom stereocenters. The van der Waals surface area contributed by atoms with E-state index in [0.717, 1.165) is 6.20 Å². The molecular formula is C9H11ClFNO2. The van der Waals surface area contributed by atoms with E-state index in [1.165, 1.54) is 13.2 Å². The molecule has 0 aliphatic carbocycles. The maximum atomic E-state index is 13.1. The molecule has 0 radical (unpaired) electrons. The van der Waals surface area contributed by atoms with Gasteiger partial charge in [-0.25, -0.2) is 9.37 Å². The fraction of sp³-hybridized carbons (Fsp3) is 0.444. The van der Waals surface area contributed by atoms with E-state index >= 15 is 0 Å². The first-order valence-corrected chi connectivity index (χ1v) is 4.51. The molecule has 0 aliphatic rings. The zero-order chi connectivity index (χ0) is 10.6. The Kier molecular flexibility index (Phi) is 4.25. The maximum absolute atomic E-state index is 13.1. The molecule has 3 nitrogen and oxygen atoms in total. The van der Waals surface area contributed by atoms with Crippen molar-refractivity contribution in [2.75, 3.05) is 13.7 Å². The summed E-state index contributed by atoms with van der Waals surface area (Å²) in [5, 5.41) is 9.72. The van der Waals surface area contributed by atoms with Gasteiger partial charge in [0.1, 0.15) is 11.0 Å². The molecule has 0 bridgehead atoms. The highest BCUT2D eigenvalue weighted by molar-refractivity contribution is 6.29. The summed E-state index contributed by atoms with van der Waals surface area (Å²) in [7, 11) is 1.52. The lowest BCUT2D eigenvalue weighted by atomic mass is 10.1. The summed E-state index contributed by atoms with van der Waals surface area (Å²) in [5.41, 5.74) is 0.155. The van der Waals surface area contributed by atoms with Crippen LogP contribution in [0.25, 0.3) is 0 Å². The van der Waals surface area contributed by atoms with Crippen LogP contribution in [0, 0.1) is 5.82 Å². The van der Waals surface area contributed by atoms with Crippen molar-refractivity contribution in [1.29, 1.82) is 0 Å². The molecule has 0 aromatic carbocycles. The van der Waals surface area contributed by atoms with Gasteiger partial charge in [-0.15, -0.1) is 0 Å². The number of hydrogen-bond acceptors (Lipinski definition) is 3. The molecule has 1 aromatic heterocycles. The van der Waals surface area contributed by atoms with Crippen LogP contribution in [0.3, 0.4) is 0 Å². The summed E-state index contributed by atoms with van der Waals surface area (Å²) in [6.07, 6.45) is 0.414. The number of aliphatic hydroxyl groups excluding tert-OH is 1. The SMILES string of the molecule is COCCC(O)c1cc(Cl)ncc1F. The zero-order valence-corrected chi connectivity index (χ0v) is 8.46. The van der Waals surface area contributed by atoms with E-state index in [9.17, 15) is 9.50 Å². The first-order valence-electron chi connectivity index (χ1n) is 4.13. The van der Waals surface area contributed by atoms with Gasteiger partial charge in [-0.3, -0.25) is 0 Å². The Balaban J connectivity index is 2.77. The van der Waals surface area contributed by atoms with Crippen molar-refractivity contribution in [2.45, 2.75) is 12.5 Å². The van der Waals surface area contributed by atoms with E-state index in [2.05, 4.69) is 4.98 Å². The number of pyridine rings is 1. The van der Waals surface area contributed by atoms with Crippen LogP contribution in [0.1, 0.15) is 18.1 Å². The Bertz CT molecular complexity index is 309. The van der Waals surface area contributed by atoms with Crippen molar-refractivity contribution < 1.29 is 14.2 Å². The van der Waals surface area contributed by atoms with Gasteiger partial charge in [0.25, 0.3) is 0 Å². The van der Waals surface area contributed by atoms with Crippen molar-refractivity contribution in [3.05, 3.63) is 28.8 Å². The Hall–Kier alpha value is -0.710.